The Morgan fingerprint density at radius 3 is 3.06 bits per heavy atom. The molecular weight excluding hydrogens is 222 g/mol. The van der Waals surface area contributed by atoms with Crippen molar-refractivity contribution in [1.82, 2.24) is 25.2 Å². The van der Waals surface area contributed by atoms with Crippen molar-refractivity contribution in [2.75, 3.05) is 6.61 Å². The molecule has 0 aliphatic rings. The normalized spacial score (nSPS) is 10.2. The Hall–Kier alpha value is -2.31. The Balaban J connectivity index is 2.14. The zero-order valence-corrected chi connectivity index (χ0v) is 9.28. The molecule has 88 valence electrons. The molecular formula is C10H11N5O2. The second-order valence-electron chi connectivity index (χ2n) is 3.27. The van der Waals surface area contributed by atoms with E-state index in [4.69, 9.17) is 4.74 Å². The van der Waals surface area contributed by atoms with Gasteiger partial charge in [0.25, 0.3) is 0 Å². The van der Waals surface area contributed by atoms with Gasteiger partial charge in [-0.3, -0.25) is 0 Å². The van der Waals surface area contributed by atoms with Crippen LogP contribution in [0.1, 0.15) is 23.8 Å². The molecule has 0 fully saturated rings. The maximum Gasteiger partial charge on any atom is 0.360 e. The van der Waals surface area contributed by atoms with Gasteiger partial charge in [-0.25, -0.2) is 4.79 Å². The van der Waals surface area contributed by atoms with Crippen molar-refractivity contribution in [3.05, 3.63) is 30.2 Å². The van der Waals surface area contributed by atoms with E-state index in [2.05, 4.69) is 20.5 Å². The van der Waals surface area contributed by atoms with E-state index in [-0.39, 0.29) is 5.69 Å². The lowest BCUT2D eigenvalue weighted by Gasteiger charge is -1.98. The first-order chi connectivity index (χ1) is 8.31. The summed E-state index contributed by atoms with van der Waals surface area (Å²) in [5.74, 6) is 0.0107. The molecule has 0 bridgehead atoms. The van der Waals surface area contributed by atoms with Crippen LogP contribution >= 0.6 is 0 Å². The molecule has 0 aromatic carbocycles. The third kappa shape index (κ3) is 2.63. The summed E-state index contributed by atoms with van der Waals surface area (Å²) in [4.78, 5) is 11.5. The number of esters is 1. The van der Waals surface area contributed by atoms with Gasteiger partial charge < -0.3 is 4.74 Å². The van der Waals surface area contributed by atoms with Gasteiger partial charge in [0.05, 0.1) is 12.8 Å². The second kappa shape index (κ2) is 5.15. The van der Waals surface area contributed by atoms with Crippen LogP contribution in [-0.4, -0.2) is 37.8 Å². The summed E-state index contributed by atoms with van der Waals surface area (Å²) in [6.45, 7) is 2.29. The Morgan fingerprint density at radius 2 is 2.35 bits per heavy atom. The summed E-state index contributed by atoms with van der Waals surface area (Å²) in [6, 6.07) is 3.43. The smallest absolute Gasteiger partial charge is 0.360 e. The average molecular weight is 233 g/mol. The van der Waals surface area contributed by atoms with Crippen LogP contribution in [0.3, 0.4) is 0 Å². The first kappa shape index (κ1) is 11.2. The van der Waals surface area contributed by atoms with E-state index in [9.17, 15) is 4.79 Å². The molecule has 7 heteroatoms. The summed E-state index contributed by atoms with van der Waals surface area (Å²) in [5.41, 5.74) is 0.157. The number of hydrogen-bond donors (Lipinski definition) is 0. The largest absolute Gasteiger partial charge is 0.461 e. The van der Waals surface area contributed by atoms with Crippen LogP contribution in [0.4, 0.5) is 0 Å². The van der Waals surface area contributed by atoms with Gasteiger partial charge in [0.1, 0.15) is 0 Å². The minimum atomic E-state index is -0.484. The van der Waals surface area contributed by atoms with Gasteiger partial charge in [0.2, 0.25) is 0 Å². The molecule has 0 saturated carbocycles. The fraction of sp³-hybridized carbons (Fsp3) is 0.300. The summed E-state index contributed by atoms with van der Waals surface area (Å²) in [5, 5.41) is 15.0. The third-order valence-electron chi connectivity index (χ3n) is 1.93. The summed E-state index contributed by atoms with van der Waals surface area (Å²) in [6.07, 6.45) is 3.78. The van der Waals surface area contributed by atoms with Crippen LogP contribution < -0.4 is 0 Å². The number of aromatic nitrogens is 5. The SMILES string of the molecule is CCCOC(=O)c1cn(-c2cccnn2)nn1. The van der Waals surface area contributed by atoms with Crippen LogP contribution in [0.2, 0.25) is 0 Å². The molecule has 17 heavy (non-hydrogen) atoms. The van der Waals surface area contributed by atoms with E-state index in [1.165, 1.54) is 10.9 Å². The topological polar surface area (TPSA) is 82.8 Å². The maximum atomic E-state index is 11.5. The molecule has 2 aromatic heterocycles. The van der Waals surface area contributed by atoms with Gasteiger partial charge in [-0.2, -0.15) is 9.78 Å². The monoisotopic (exact) mass is 233 g/mol. The lowest BCUT2D eigenvalue weighted by atomic mass is 10.4. The molecule has 2 rings (SSSR count). The number of hydrogen-bond acceptors (Lipinski definition) is 6. The Bertz CT molecular complexity index is 496. The van der Waals surface area contributed by atoms with E-state index in [0.29, 0.717) is 12.4 Å². The Morgan fingerprint density at radius 1 is 1.47 bits per heavy atom. The highest BCUT2D eigenvalue weighted by atomic mass is 16.5. The van der Waals surface area contributed by atoms with Gasteiger partial charge in [-0.05, 0) is 18.6 Å². The average Bonchev–Trinajstić information content (AvgIpc) is 2.86. The van der Waals surface area contributed by atoms with Crippen molar-refractivity contribution in [2.45, 2.75) is 13.3 Å². The summed E-state index contributed by atoms with van der Waals surface area (Å²) >= 11 is 0. The van der Waals surface area contributed by atoms with E-state index in [1.807, 2.05) is 6.92 Å². The molecule has 0 atom stereocenters. The Labute approximate surface area is 97.4 Å². The van der Waals surface area contributed by atoms with Gasteiger partial charge in [-0.15, -0.1) is 10.2 Å². The van der Waals surface area contributed by atoms with Crippen LogP contribution in [0.25, 0.3) is 5.82 Å². The predicted molar refractivity (Wildman–Crippen MR) is 57.5 cm³/mol. The maximum absolute atomic E-state index is 11.5. The summed E-state index contributed by atoms with van der Waals surface area (Å²) < 4.78 is 6.31. The highest BCUT2D eigenvalue weighted by Gasteiger charge is 2.12. The molecule has 2 heterocycles. The minimum Gasteiger partial charge on any atom is -0.461 e. The van der Waals surface area contributed by atoms with Gasteiger partial charge in [0, 0.05) is 6.20 Å². The number of ether oxygens (including phenoxy) is 1. The van der Waals surface area contributed by atoms with E-state index < -0.39 is 5.97 Å². The number of nitrogens with zero attached hydrogens (tertiary/aromatic N) is 5. The molecule has 0 radical (unpaired) electrons. The second-order valence-corrected chi connectivity index (χ2v) is 3.27. The van der Waals surface area contributed by atoms with Crippen LogP contribution in [0.15, 0.2) is 24.5 Å². The van der Waals surface area contributed by atoms with Crippen molar-refractivity contribution in [3.8, 4) is 5.82 Å². The van der Waals surface area contributed by atoms with Gasteiger partial charge in [0.15, 0.2) is 11.5 Å². The molecule has 0 saturated heterocycles. The fourth-order valence-electron chi connectivity index (χ4n) is 1.15. The lowest BCUT2D eigenvalue weighted by molar-refractivity contribution is 0.0498. The van der Waals surface area contributed by atoms with E-state index >= 15 is 0 Å². The number of carbonyl (C=O) groups excluding carboxylic acids is 1. The van der Waals surface area contributed by atoms with Crippen molar-refractivity contribution in [1.29, 1.82) is 0 Å². The zero-order chi connectivity index (χ0) is 12.1. The molecule has 0 spiro atoms. The molecule has 2 aromatic rings. The molecule has 7 nitrogen and oxygen atoms in total. The van der Waals surface area contributed by atoms with E-state index in [1.54, 1.807) is 18.3 Å². The molecule has 0 N–H and O–H groups in total. The van der Waals surface area contributed by atoms with E-state index in [0.717, 1.165) is 6.42 Å². The predicted octanol–water partition coefficient (Wildman–Crippen LogP) is 0.624. The van der Waals surface area contributed by atoms with Crippen molar-refractivity contribution < 1.29 is 9.53 Å². The minimum absolute atomic E-state index is 0.157. The fourth-order valence-corrected chi connectivity index (χ4v) is 1.15. The quantitative estimate of drug-likeness (QED) is 0.720. The summed E-state index contributed by atoms with van der Waals surface area (Å²) in [7, 11) is 0. The van der Waals surface area contributed by atoms with Crippen LogP contribution in [-0.2, 0) is 4.74 Å². The van der Waals surface area contributed by atoms with Crippen molar-refractivity contribution in [3.63, 3.8) is 0 Å². The lowest BCUT2D eigenvalue weighted by Crippen LogP contribution is -2.06. The third-order valence-corrected chi connectivity index (χ3v) is 1.93. The Kier molecular flexibility index (Phi) is 3.39. The zero-order valence-electron chi connectivity index (χ0n) is 9.28. The molecule has 0 unspecified atom stereocenters. The number of carbonyl (C=O) groups is 1. The highest BCUT2D eigenvalue weighted by molar-refractivity contribution is 5.86. The van der Waals surface area contributed by atoms with Crippen molar-refractivity contribution in [2.24, 2.45) is 0 Å². The van der Waals surface area contributed by atoms with Crippen molar-refractivity contribution >= 4 is 5.97 Å². The first-order valence-electron chi connectivity index (χ1n) is 5.19. The van der Waals surface area contributed by atoms with Crippen LogP contribution in [0.5, 0.6) is 0 Å². The highest BCUT2D eigenvalue weighted by Crippen LogP contribution is 2.02. The molecule has 0 aliphatic carbocycles. The first-order valence-corrected chi connectivity index (χ1v) is 5.19. The number of rotatable bonds is 4. The standard InChI is InChI=1S/C10H11N5O2/c1-2-6-17-10(16)8-7-15(14-12-8)9-4-3-5-11-13-9/h3-5,7H,2,6H2,1H3. The van der Waals surface area contributed by atoms with Crippen LogP contribution in [0, 0.1) is 0 Å². The van der Waals surface area contributed by atoms with Gasteiger partial charge in [-0.1, -0.05) is 12.1 Å². The molecule has 0 aliphatic heterocycles. The van der Waals surface area contributed by atoms with Gasteiger partial charge >= 0.3 is 5.97 Å². The molecule has 0 amide bonds.